The average molecular weight is 168 g/mol. The minimum absolute atomic E-state index is 0.00875. The zero-order valence-corrected chi connectivity index (χ0v) is 7.28. The third kappa shape index (κ3) is 1.84. The van der Waals surface area contributed by atoms with Crippen molar-refractivity contribution in [3.63, 3.8) is 0 Å². The standard InChI is InChI=1S/C8H12N2O2/c1-7(11)9-3-5-10(6-4-9)8(2)12/h3,5H,4,6H2,1-2H3. The summed E-state index contributed by atoms with van der Waals surface area (Å²) in [7, 11) is 0. The fourth-order valence-electron chi connectivity index (χ4n) is 1.05. The molecule has 0 saturated carbocycles. The maximum absolute atomic E-state index is 10.8. The molecule has 4 heteroatoms. The molecule has 0 aliphatic carbocycles. The zero-order chi connectivity index (χ0) is 9.14. The van der Waals surface area contributed by atoms with E-state index in [0.717, 1.165) is 0 Å². The van der Waals surface area contributed by atoms with Crippen molar-refractivity contribution in [2.45, 2.75) is 13.8 Å². The summed E-state index contributed by atoms with van der Waals surface area (Å²) in [6.45, 7) is 4.19. The maximum atomic E-state index is 10.8. The van der Waals surface area contributed by atoms with E-state index in [4.69, 9.17) is 0 Å². The molecule has 66 valence electrons. The highest BCUT2D eigenvalue weighted by molar-refractivity contribution is 5.77. The first-order chi connectivity index (χ1) is 5.61. The molecule has 0 aromatic rings. The Morgan fingerprint density at radius 2 is 1.33 bits per heavy atom. The van der Waals surface area contributed by atoms with Gasteiger partial charge in [-0.05, 0) is 0 Å². The van der Waals surface area contributed by atoms with Gasteiger partial charge in [0, 0.05) is 39.3 Å². The van der Waals surface area contributed by atoms with Gasteiger partial charge < -0.3 is 9.80 Å². The molecule has 0 spiro atoms. The average Bonchev–Trinajstić information content (AvgIpc) is 2.04. The summed E-state index contributed by atoms with van der Waals surface area (Å²) in [6.07, 6.45) is 3.26. The third-order valence-corrected chi connectivity index (χ3v) is 1.82. The Bertz CT molecular complexity index is 211. The molecule has 2 amide bonds. The molecule has 0 fully saturated rings. The predicted molar refractivity (Wildman–Crippen MR) is 43.9 cm³/mol. The van der Waals surface area contributed by atoms with E-state index in [1.54, 1.807) is 22.2 Å². The van der Waals surface area contributed by atoms with Gasteiger partial charge in [0.25, 0.3) is 0 Å². The Hall–Kier alpha value is -1.32. The number of carbonyl (C=O) groups is 2. The quantitative estimate of drug-likeness (QED) is 0.517. The van der Waals surface area contributed by atoms with Crippen molar-refractivity contribution in [1.82, 2.24) is 9.80 Å². The van der Waals surface area contributed by atoms with Crippen LogP contribution in [0.3, 0.4) is 0 Å². The topological polar surface area (TPSA) is 40.6 Å². The normalized spacial score (nSPS) is 16.5. The van der Waals surface area contributed by atoms with E-state index >= 15 is 0 Å². The molecular weight excluding hydrogens is 156 g/mol. The van der Waals surface area contributed by atoms with Gasteiger partial charge in [0.05, 0.1) is 0 Å². The van der Waals surface area contributed by atoms with E-state index in [1.807, 2.05) is 0 Å². The van der Waals surface area contributed by atoms with Crippen molar-refractivity contribution in [2.24, 2.45) is 0 Å². The summed E-state index contributed by atoms with van der Waals surface area (Å²) < 4.78 is 0. The molecule has 0 aromatic heterocycles. The number of nitrogens with zero attached hydrogens (tertiary/aromatic N) is 2. The highest BCUT2D eigenvalue weighted by Gasteiger charge is 2.14. The van der Waals surface area contributed by atoms with Crippen LogP contribution in [0.25, 0.3) is 0 Å². The number of amides is 2. The van der Waals surface area contributed by atoms with E-state index in [9.17, 15) is 9.59 Å². The molecule has 4 nitrogen and oxygen atoms in total. The zero-order valence-electron chi connectivity index (χ0n) is 7.28. The Morgan fingerprint density at radius 3 is 1.50 bits per heavy atom. The van der Waals surface area contributed by atoms with E-state index in [2.05, 4.69) is 0 Å². The lowest BCUT2D eigenvalue weighted by Gasteiger charge is -2.27. The minimum Gasteiger partial charge on any atom is -0.316 e. The highest BCUT2D eigenvalue weighted by Crippen LogP contribution is 2.02. The summed E-state index contributed by atoms with van der Waals surface area (Å²) in [5.41, 5.74) is 0. The first-order valence-corrected chi connectivity index (χ1v) is 3.84. The van der Waals surface area contributed by atoms with Crippen molar-refractivity contribution in [3.8, 4) is 0 Å². The number of hydrogen-bond donors (Lipinski definition) is 0. The van der Waals surface area contributed by atoms with E-state index < -0.39 is 0 Å². The fraction of sp³-hybridized carbons (Fsp3) is 0.500. The van der Waals surface area contributed by atoms with E-state index in [0.29, 0.717) is 13.1 Å². The van der Waals surface area contributed by atoms with Gasteiger partial charge in [-0.25, -0.2) is 0 Å². The van der Waals surface area contributed by atoms with Crippen LogP contribution in [0.2, 0.25) is 0 Å². The Labute approximate surface area is 71.4 Å². The van der Waals surface area contributed by atoms with Crippen LogP contribution in [-0.4, -0.2) is 34.7 Å². The van der Waals surface area contributed by atoms with Crippen LogP contribution in [0.15, 0.2) is 12.4 Å². The molecule has 1 rings (SSSR count). The second kappa shape index (κ2) is 3.38. The summed E-state index contributed by atoms with van der Waals surface area (Å²) in [5, 5.41) is 0. The molecule has 0 aromatic carbocycles. The second-order valence-electron chi connectivity index (χ2n) is 2.72. The molecule has 1 heterocycles. The van der Waals surface area contributed by atoms with Crippen LogP contribution in [0, 0.1) is 0 Å². The first-order valence-electron chi connectivity index (χ1n) is 3.84. The lowest BCUT2D eigenvalue weighted by Crippen LogP contribution is -2.38. The molecule has 12 heavy (non-hydrogen) atoms. The maximum Gasteiger partial charge on any atom is 0.223 e. The highest BCUT2D eigenvalue weighted by atomic mass is 16.2. The Balaban J connectivity index is 2.59. The Kier molecular flexibility index (Phi) is 2.47. The molecule has 0 saturated heterocycles. The monoisotopic (exact) mass is 168 g/mol. The first kappa shape index (κ1) is 8.77. The number of rotatable bonds is 0. The summed E-state index contributed by atoms with van der Waals surface area (Å²) in [4.78, 5) is 24.9. The second-order valence-corrected chi connectivity index (χ2v) is 2.72. The SMILES string of the molecule is CC(=O)N1C=CN(C(C)=O)CC1. The molecule has 1 aliphatic rings. The minimum atomic E-state index is 0.00875. The van der Waals surface area contributed by atoms with Crippen molar-refractivity contribution in [2.75, 3.05) is 13.1 Å². The van der Waals surface area contributed by atoms with Crippen LogP contribution in [0.5, 0.6) is 0 Å². The fourth-order valence-corrected chi connectivity index (χ4v) is 1.05. The van der Waals surface area contributed by atoms with Gasteiger partial charge in [0.1, 0.15) is 0 Å². The number of hydrogen-bond acceptors (Lipinski definition) is 2. The molecular formula is C8H12N2O2. The van der Waals surface area contributed by atoms with Crippen LogP contribution >= 0.6 is 0 Å². The summed E-state index contributed by atoms with van der Waals surface area (Å²) in [5.74, 6) is 0.0175. The van der Waals surface area contributed by atoms with Gasteiger partial charge in [0.2, 0.25) is 11.8 Å². The van der Waals surface area contributed by atoms with Crippen molar-refractivity contribution >= 4 is 11.8 Å². The lowest BCUT2D eigenvalue weighted by atomic mass is 10.4. The van der Waals surface area contributed by atoms with E-state index in [-0.39, 0.29) is 11.8 Å². The summed E-state index contributed by atoms with van der Waals surface area (Å²) in [6, 6.07) is 0. The van der Waals surface area contributed by atoms with E-state index in [1.165, 1.54) is 13.8 Å². The van der Waals surface area contributed by atoms with Gasteiger partial charge >= 0.3 is 0 Å². The third-order valence-electron chi connectivity index (χ3n) is 1.82. The summed E-state index contributed by atoms with van der Waals surface area (Å²) >= 11 is 0. The predicted octanol–water partition coefficient (Wildman–Crippen LogP) is 0.168. The van der Waals surface area contributed by atoms with Gasteiger partial charge in [-0.3, -0.25) is 9.59 Å². The molecule has 0 radical (unpaired) electrons. The molecule has 1 aliphatic heterocycles. The smallest absolute Gasteiger partial charge is 0.223 e. The molecule has 0 unspecified atom stereocenters. The molecule has 0 atom stereocenters. The Morgan fingerprint density at radius 1 is 1.00 bits per heavy atom. The van der Waals surface area contributed by atoms with Gasteiger partial charge in [-0.2, -0.15) is 0 Å². The van der Waals surface area contributed by atoms with Crippen molar-refractivity contribution < 1.29 is 9.59 Å². The molecule has 0 N–H and O–H groups in total. The van der Waals surface area contributed by atoms with Crippen LogP contribution in [0.1, 0.15) is 13.8 Å². The largest absolute Gasteiger partial charge is 0.316 e. The van der Waals surface area contributed by atoms with Crippen LogP contribution in [-0.2, 0) is 9.59 Å². The van der Waals surface area contributed by atoms with Crippen molar-refractivity contribution in [3.05, 3.63) is 12.4 Å². The van der Waals surface area contributed by atoms with Crippen molar-refractivity contribution in [1.29, 1.82) is 0 Å². The van der Waals surface area contributed by atoms with Gasteiger partial charge in [-0.15, -0.1) is 0 Å². The van der Waals surface area contributed by atoms with Gasteiger partial charge in [-0.1, -0.05) is 0 Å². The van der Waals surface area contributed by atoms with Gasteiger partial charge in [0.15, 0.2) is 0 Å². The lowest BCUT2D eigenvalue weighted by molar-refractivity contribution is -0.131. The van der Waals surface area contributed by atoms with Crippen LogP contribution < -0.4 is 0 Å². The number of carbonyl (C=O) groups excluding carboxylic acids is 2. The molecule has 0 bridgehead atoms. The van der Waals surface area contributed by atoms with Crippen LogP contribution in [0.4, 0.5) is 0 Å².